The molecule has 2 aliphatic rings. The average Bonchev–Trinajstić information content (AvgIpc) is 3.04. The summed E-state index contributed by atoms with van der Waals surface area (Å²) in [6.45, 7) is 4.41. The normalized spacial score (nSPS) is 24.3. The molecule has 92 valence electrons. The highest BCUT2D eigenvalue weighted by Gasteiger charge is 2.27. The van der Waals surface area contributed by atoms with Gasteiger partial charge in [0.05, 0.1) is 0 Å². The molecule has 2 fully saturated rings. The Balaban J connectivity index is 1.67. The fraction of sp³-hybridized carbons (Fsp3) is 0.643. The van der Waals surface area contributed by atoms with Crippen LogP contribution in [0.1, 0.15) is 31.4 Å². The van der Waals surface area contributed by atoms with Crippen LogP contribution in [0.5, 0.6) is 0 Å². The molecule has 3 heteroatoms. The van der Waals surface area contributed by atoms with Gasteiger partial charge in [-0.25, -0.2) is 0 Å². The molecule has 1 aromatic heterocycles. The average molecular weight is 231 g/mol. The maximum atomic E-state index is 4.28. The summed E-state index contributed by atoms with van der Waals surface area (Å²) >= 11 is 0. The Morgan fingerprint density at radius 2 is 2.29 bits per heavy atom. The minimum atomic E-state index is 0.678. The molecule has 1 saturated heterocycles. The Morgan fingerprint density at radius 1 is 1.41 bits per heavy atom. The third-order valence-electron chi connectivity index (χ3n) is 3.81. The van der Waals surface area contributed by atoms with Crippen molar-refractivity contribution in [2.45, 2.75) is 44.7 Å². The van der Waals surface area contributed by atoms with Crippen molar-refractivity contribution in [3.63, 3.8) is 0 Å². The summed E-state index contributed by atoms with van der Waals surface area (Å²) < 4.78 is 0. The minimum absolute atomic E-state index is 0.678. The van der Waals surface area contributed by atoms with Crippen molar-refractivity contribution in [1.82, 2.24) is 10.3 Å². The molecule has 3 nitrogen and oxygen atoms in total. The van der Waals surface area contributed by atoms with Gasteiger partial charge in [0.15, 0.2) is 0 Å². The van der Waals surface area contributed by atoms with E-state index < -0.39 is 0 Å². The lowest BCUT2D eigenvalue weighted by atomic mass is 10.2. The smallest absolute Gasteiger partial charge is 0.0415 e. The molecule has 0 spiro atoms. The van der Waals surface area contributed by atoms with Crippen LogP contribution in [-0.4, -0.2) is 30.2 Å². The third-order valence-corrected chi connectivity index (χ3v) is 3.81. The molecule has 1 saturated carbocycles. The highest BCUT2D eigenvalue weighted by atomic mass is 15.2. The largest absolute Gasteiger partial charge is 0.367 e. The Hall–Kier alpha value is -1.09. The van der Waals surface area contributed by atoms with Gasteiger partial charge in [0.1, 0.15) is 0 Å². The maximum Gasteiger partial charge on any atom is 0.0415 e. The van der Waals surface area contributed by atoms with E-state index in [9.17, 15) is 0 Å². The standard InChI is InChI=1S/C14H21N3/c1-11-9-13(6-7-15-11)17-8-2-3-14(17)10-16-12-4-5-12/h6-7,9,12,14,16H,2-5,8,10H2,1H3. The van der Waals surface area contributed by atoms with Crippen LogP contribution < -0.4 is 10.2 Å². The first-order chi connectivity index (χ1) is 8.33. The quantitative estimate of drug-likeness (QED) is 0.860. The Kier molecular flexibility index (Phi) is 3.02. The van der Waals surface area contributed by atoms with Crippen molar-refractivity contribution >= 4 is 5.69 Å². The predicted molar refractivity (Wildman–Crippen MR) is 70.4 cm³/mol. The molecular weight excluding hydrogens is 210 g/mol. The van der Waals surface area contributed by atoms with E-state index in [2.05, 4.69) is 34.3 Å². The molecule has 3 rings (SSSR count). The van der Waals surface area contributed by atoms with Crippen molar-refractivity contribution in [2.75, 3.05) is 18.0 Å². The zero-order valence-electron chi connectivity index (χ0n) is 10.5. The van der Waals surface area contributed by atoms with E-state index in [-0.39, 0.29) is 0 Å². The summed E-state index contributed by atoms with van der Waals surface area (Å²) in [7, 11) is 0. The predicted octanol–water partition coefficient (Wildman–Crippen LogP) is 2.11. The SMILES string of the molecule is Cc1cc(N2CCCC2CNC2CC2)ccn1. The summed E-state index contributed by atoms with van der Waals surface area (Å²) in [6.07, 6.45) is 7.32. The molecule has 1 aromatic rings. The third kappa shape index (κ3) is 2.60. The molecule has 1 N–H and O–H groups in total. The number of aromatic nitrogens is 1. The second kappa shape index (κ2) is 4.65. The Labute approximate surface area is 103 Å². The van der Waals surface area contributed by atoms with Crippen LogP contribution in [0.3, 0.4) is 0 Å². The summed E-state index contributed by atoms with van der Waals surface area (Å²) in [5.74, 6) is 0. The maximum absolute atomic E-state index is 4.28. The summed E-state index contributed by atoms with van der Waals surface area (Å²) in [4.78, 5) is 6.82. The van der Waals surface area contributed by atoms with Gasteiger partial charge in [-0.3, -0.25) is 4.98 Å². The second-order valence-corrected chi connectivity index (χ2v) is 5.33. The molecule has 0 amide bonds. The first kappa shape index (κ1) is 11.0. The molecule has 1 unspecified atom stereocenters. The second-order valence-electron chi connectivity index (χ2n) is 5.33. The number of nitrogens with zero attached hydrogens (tertiary/aromatic N) is 2. The van der Waals surface area contributed by atoms with Gasteiger partial charge in [-0.2, -0.15) is 0 Å². The first-order valence-corrected chi connectivity index (χ1v) is 6.75. The van der Waals surface area contributed by atoms with Crippen LogP contribution in [0.2, 0.25) is 0 Å². The van der Waals surface area contributed by atoms with Crippen LogP contribution in [0.15, 0.2) is 18.3 Å². The summed E-state index contributed by atoms with van der Waals surface area (Å²) in [5.41, 5.74) is 2.46. The van der Waals surface area contributed by atoms with E-state index in [1.807, 2.05) is 6.20 Å². The molecular formula is C14H21N3. The van der Waals surface area contributed by atoms with E-state index >= 15 is 0 Å². The minimum Gasteiger partial charge on any atom is -0.367 e. The number of hydrogen-bond acceptors (Lipinski definition) is 3. The van der Waals surface area contributed by atoms with Gasteiger partial charge in [-0.05, 0) is 44.7 Å². The molecule has 1 aliphatic carbocycles. The number of anilines is 1. The van der Waals surface area contributed by atoms with Gasteiger partial charge < -0.3 is 10.2 Å². The van der Waals surface area contributed by atoms with Gasteiger partial charge in [-0.15, -0.1) is 0 Å². The number of pyridine rings is 1. The molecule has 17 heavy (non-hydrogen) atoms. The van der Waals surface area contributed by atoms with Crippen LogP contribution in [-0.2, 0) is 0 Å². The molecule has 0 radical (unpaired) electrons. The van der Waals surface area contributed by atoms with Gasteiger partial charge in [-0.1, -0.05) is 0 Å². The fourth-order valence-corrected chi connectivity index (χ4v) is 2.69. The van der Waals surface area contributed by atoms with E-state index in [0.717, 1.165) is 18.3 Å². The van der Waals surface area contributed by atoms with Gasteiger partial charge in [0, 0.05) is 42.8 Å². The lowest BCUT2D eigenvalue weighted by Gasteiger charge is -2.27. The van der Waals surface area contributed by atoms with Crippen molar-refractivity contribution in [3.8, 4) is 0 Å². The van der Waals surface area contributed by atoms with Gasteiger partial charge in [0.25, 0.3) is 0 Å². The van der Waals surface area contributed by atoms with Crippen molar-refractivity contribution in [1.29, 1.82) is 0 Å². The topological polar surface area (TPSA) is 28.2 Å². The number of hydrogen-bond donors (Lipinski definition) is 1. The monoisotopic (exact) mass is 231 g/mol. The molecule has 0 aromatic carbocycles. The van der Waals surface area contributed by atoms with E-state index in [1.165, 1.54) is 37.9 Å². The Morgan fingerprint density at radius 3 is 3.06 bits per heavy atom. The van der Waals surface area contributed by atoms with E-state index in [1.54, 1.807) is 0 Å². The van der Waals surface area contributed by atoms with Gasteiger partial charge in [0.2, 0.25) is 0 Å². The molecule has 1 atom stereocenters. The zero-order chi connectivity index (χ0) is 11.7. The van der Waals surface area contributed by atoms with Crippen molar-refractivity contribution in [3.05, 3.63) is 24.0 Å². The van der Waals surface area contributed by atoms with Crippen molar-refractivity contribution in [2.24, 2.45) is 0 Å². The fourth-order valence-electron chi connectivity index (χ4n) is 2.69. The first-order valence-electron chi connectivity index (χ1n) is 6.75. The summed E-state index contributed by atoms with van der Waals surface area (Å²) in [5, 5.41) is 3.66. The molecule has 0 bridgehead atoms. The molecule has 1 aliphatic heterocycles. The number of aryl methyl sites for hydroxylation is 1. The van der Waals surface area contributed by atoms with E-state index in [4.69, 9.17) is 0 Å². The lowest BCUT2D eigenvalue weighted by molar-refractivity contribution is 0.571. The number of nitrogens with one attached hydrogen (secondary N) is 1. The van der Waals surface area contributed by atoms with Crippen molar-refractivity contribution < 1.29 is 0 Å². The highest BCUT2D eigenvalue weighted by molar-refractivity contribution is 5.48. The number of rotatable bonds is 4. The van der Waals surface area contributed by atoms with Crippen LogP contribution in [0.4, 0.5) is 5.69 Å². The van der Waals surface area contributed by atoms with Gasteiger partial charge >= 0.3 is 0 Å². The highest BCUT2D eigenvalue weighted by Crippen LogP contribution is 2.26. The van der Waals surface area contributed by atoms with Crippen LogP contribution in [0.25, 0.3) is 0 Å². The van der Waals surface area contributed by atoms with E-state index in [0.29, 0.717) is 6.04 Å². The lowest BCUT2D eigenvalue weighted by Crippen LogP contribution is -2.38. The van der Waals surface area contributed by atoms with Crippen LogP contribution >= 0.6 is 0 Å². The zero-order valence-corrected chi connectivity index (χ0v) is 10.5. The van der Waals surface area contributed by atoms with Crippen LogP contribution in [0, 0.1) is 6.92 Å². The Bertz CT molecular complexity index is 387. The molecule has 2 heterocycles. The summed E-state index contributed by atoms with van der Waals surface area (Å²) in [6, 6.07) is 5.84.